The molecule has 0 amide bonds. The summed E-state index contributed by atoms with van der Waals surface area (Å²) in [5, 5.41) is 10.5. The van der Waals surface area contributed by atoms with Crippen LogP contribution in [0.4, 0.5) is 0 Å². The molecule has 6 rings (SSSR count). The normalized spacial score (nSPS) is 22.5. The number of Topliss-reactive ketones (excluding diaryl/α,β-unsaturated/α-hetero) is 1. The molecular weight excluding hydrogens is 466 g/mol. The molecule has 0 aromatic heterocycles. The van der Waals surface area contributed by atoms with E-state index in [4.69, 9.17) is 18.9 Å². The zero-order valence-corrected chi connectivity index (χ0v) is 20.2. The van der Waals surface area contributed by atoms with E-state index < -0.39 is 5.41 Å². The Morgan fingerprint density at radius 3 is 1.65 bits per heavy atom. The lowest BCUT2D eigenvalue weighted by Crippen LogP contribution is -2.33. The summed E-state index contributed by atoms with van der Waals surface area (Å²) < 4.78 is 22.7. The van der Waals surface area contributed by atoms with Crippen molar-refractivity contribution < 1.29 is 23.7 Å². The van der Waals surface area contributed by atoms with Gasteiger partial charge in [0, 0.05) is 11.1 Å². The first-order valence-corrected chi connectivity index (χ1v) is 12.4. The number of fused-ring (bicyclic) bond motifs is 2. The number of ketones is 1. The Kier molecular flexibility index (Phi) is 5.90. The standard InChI is InChI=1S/C31H25NO5/c32-20-31(25-4-2-1-3-5-25)18-23(14-21-6-8-26-28(16-21)36-12-10-34-26)30(33)24(19-31)15-22-7-9-27-29(17-22)37-13-11-35-27/h1-9,14-17H,10-13,18-19H2. The molecule has 0 atom stereocenters. The van der Waals surface area contributed by atoms with E-state index in [1.165, 1.54) is 0 Å². The van der Waals surface area contributed by atoms with Crippen molar-refractivity contribution in [2.24, 2.45) is 0 Å². The van der Waals surface area contributed by atoms with Crippen molar-refractivity contribution in [3.05, 3.63) is 94.6 Å². The molecule has 37 heavy (non-hydrogen) atoms. The van der Waals surface area contributed by atoms with Crippen LogP contribution in [0.5, 0.6) is 23.0 Å². The van der Waals surface area contributed by atoms with Crippen LogP contribution in [0.15, 0.2) is 77.9 Å². The molecule has 0 saturated heterocycles. The molecule has 3 aromatic rings. The van der Waals surface area contributed by atoms with Crippen LogP contribution in [-0.4, -0.2) is 32.2 Å². The van der Waals surface area contributed by atoms with E-state index in [0.717, 1.165) is 16.7 Å². The molecule has 6 heteroatoms. The molecule has 3 aliphatic rings. The molecule has 6 nitrogen and oxygen atoms in total. The maximum atomic E-state index is 13.8. The molecule has 1 saturated carbocycles. The number of nitrogens with zero attached hydrogens (tertiary/aromatic N) is 1. The minimum Gasteiger partial charge on any atom is -0.486 e. The first-order chi connectivity index (χ1) is 18.1. The van der Waals surface area contributed by atoms with Crippen LogP contribution in [0, 0.1) is 11.3 Å². The lowest BCUT2D eigenvalue weighted by molar-refractivity contribution is -0.113. The summed E-state index contributed by atoms with van der Waals surface area (Å²) in [7, 11) is 0. The van der Waals surface area contributed by atoms with Crippen molar-refractivity contribution in [1.29, 1.82) is 5.26 Å². The van der Waals surface area contributed by atoms with E-state index in [0.29, 0.717) is 73.4 Å². The topological polar surface area (TPSA) is 77.8 Å². The highest BCUT2D eigenvalue weighted by molar-refractivity contribution is 6.14. The van der Waals surface area contributed by atoms with Crippen LogP contribution in [-0.2, 0) is 10.2 Å². The summed E-state index contributed by atoms with van der Waals surface area (Å²) >= 11 is 0. The highest BCUT2D eigenvalue weighted by Crippen LogP contribution is 2.44. The minimum absolute atomic E-state index is 0.0633. The number of benzene rings is 3. The van der Waals surface area contributed by atoms with Gasteiger partial charge in [0.05, 0.1) is 11.5 Å². The fraction of sp³-hybridized carbons (Fsp3) is 0.226. The molecule has 0 bridgehead atoms. The van der Waals surface area contributed by atoms with Crippen molar-refractivity contribution in [1.82, 2.24) is 0 Å². The maximum Gasteiger partial charge on any atom is 0.185 e. The minimum atomic E-state index is -0.867. The number of allylic oxidation sites excluding steroid dienone is 2. The van der Waals surface area contributed by atoms with Crippen LogP contribution >= 0.6 is 0 Å². The Balaban J connectivity index is 1.43. The highest BCUT2D eigenvalue weighted by Gasteiger charge is 2.41. The summed E-state index contributed by atoms with van der Waals surface area (Å²) in [6, 6.07) is 23.6. The van der Waals surface area contributed by atoms with Gasteiger partial charge in [-0.2, -0.15) is 5.26 Å². The first kappa shape index (κ1) is 22.9. The second-order valence-electron chi connectivity index (χ2n) is 9.39. The van der Waals surface area contributed by atoms with E-state index in [2.05, 4.69) is 6.07 Å². The molecular formula is C31H25NO5. The fourth-order valence-corrected chi connectivity index (χ4v) is 5.12. The number of nitriles is 1. The van der Waals surface area contributed by atoms with Crippen molar-refractivity contribution >= 4 is 17.9 Å². The van der Waals surface area contributed by atoms with Crippen molar-refractivity contribution in [2.75, 3.05) is 26.4 Å². The third-order valence-corrected chi connectivity index (χ3v) is 6.92. The molecule has 2 heterocycles. The third kappa shape index (κ3) is 4.45. The van der Waals surface area contributed by atoms with Gasteiger partial charge in [0.1, 0.15) is 26.4 Å². The van der Waals surface area contributed by atoms with Crippen LogP contribution < -0.4 is 18.9 Å². The van der Waals surface area contributed by atoms with Gasteiger partial charge in [-0.3, -0.25) is 4.79 Å². The zero-order chi connectivity index (χ0) is 25.2. The first-order valence-electron chi connectivity index (χ1n) is 12.4. The second kappa shape index (κ2) is 9.51. The van der Waals surface area contributed by atoms with E-state index in [9.17, 15) is 10.1 Å². The number of carbonyl (C=O) groups is 1. The van der Waals surface area contributed by atoms with E-state index in [-0.39, 0.29) is 5.78 Å². The van der Waals surface area contributed by atoms with Crippen LogP contribution in [0.25, 0.3) is 12.2 Å². The molecule has 184 valence electrons. The van der Waals surface area contributed by atoms with Gasteiger partial charge in [-0.25, -0.2) is 0 Å². The van der Waals surface area contributed by atoms with E-state index >= 15 is 0 Å². The Morgan fingerprint density at radius 1 is 0.676 bits per heavy atom. The Morgan fingerprint density at radius 2 is 1.16 bits per heavy atom. The number of hydrogen-bond acceptors (Lipinski definition) is 6. The molecule has 1 aliphatic carbocycles. The quantitative estimate of drug-likeness (QED) is 0.449. The summed E-state index contributed by atoms with van der Waals surface area (Å²) in [5.41, 5.74) is 2.84. The van der Waals surface area contributed by atoms with Crippen LogP contribution in [0.1, 0.15) is 29.5 Å². The second-order valence-corrected chi connectivity index (χ2v) is 9.39. The maximum absolute atomic E-state index is 13.8. The van der Waals surface area contributed by atoms with Gasteiger partial charge in [-0.1, -0.05) is 42.5 Å². The fourth-order valence-electron chi connectivity index (χ4n) is 5.12. The lowest BCUT2D eigenvalue weighted by Gasteiger charge is -2.34. The van der Waals surface area contributed by atoms with Crippen molar-refractivity contribution in [3.8, 4) is 29.1 Å². The average molecular weight is 492 g/mol. The predicted molar refractivity (Wildman–Crippen MR) is 139 cm³/mol. The van der Waals surface area contributed by atoms with Crippen molar-refractivity contribution in [3.63, 3.8) is 0 Å². The van der Waals surface area contributed by atoms with Gasteiger partial charge in [0.2, 0.25) is 0 Å². The van der Waals surface area contributed by atoms with Gasteiger partial charge in [0.25, 0.3) is 0 Å². The molecule has 0 N–H and O–H groups in total. The van der Waals surface area contributed by atoms with E-state index in [1.807, 2.05) is 78.9 Å². The van der Waals surface area contributed by atoms with Gasteiger partial charge < -0.3 is 18.9 Å². The zero-order valence-electron chi connectivity index (χ0n) is 20.2. The molecule has 2 aliphatic heterocycles. The third-order valence-electron chi connectivity index (χ3n) is 6.92. The molecule has 1 fully saturated rings. The summed E-state index contributed by atoms with van der Waals surface area (Å²) in [5.74, 6) is 2.64. The summed E-state index contributed by atoms with van der Waals surface area (Å²) in [6.45, 7) is 2.00. The van der Waals surface area contributed by atoms with Crippen LogP contribution in [0.3, 0.4) is 0 Å². The molecule has 0 unspecified atom stereocenters. The average Bonchev–Trinajstić information content (AvgIpc) is 2.95. The predicted octanol–water partition coefficient (Wildman–Crippen LogP) is 5.52. The molecule has 3 aromatic carbocycles. The van der Waals surface area contributed by atoms with Crippen LogP contribution in [0.2, 0.25) is 0 Å². The lowest BCUT2D eigenvalue weighted by atomic mass is 9.66. The monoisotopic (exact) mass is 491 g/mol. The summed E-state index contributed by atoms with van der Waals surface area (Å²) in [4.78, 5) is 13.8. The summed E-state index contributed by atoms with van der Waals surface area (Å²) in [6.07, 6.45) is 4.37. The highest BCUT2D eigenvalue weighted by atomic mass is 16.6. The van der Waals surface area contributed by atoms with Gasteiger partial charge in [-0.15, -0.1) is 0 Å². The Bertz CT molecular complexity index is 1380. The van der Waals surface area contributed by atoms with Gasteiger partial charge >= 0.3 is 0 Å². The SMILES string of the molecule is N#CC1(c2ccccc2)CC(=Cc2ccc3c(c2)OCCO3)C(=O)C(=Cc2ccc3c(c2)OCCO3)C1. The molecule has 0 spiro atoms. The van der Waals surface area contributed by atoms with Gasteiger partial charge in [0.15, 0.2) is 28.8 Å². The number of ether oxygens (including phenoxy) is 4. The van der Waals surface area contributed by atoms with Gasteiger partial charge in [-0.05, 0) is 65.9 Å². The molecule has 0 radical (unpaired) electrons. The van der Waals surface area contributed by atoms with E-state index in [1.54, 1.807) is 0 Å². The number of hydrogen-bond donors (Lipinski definition) is 0. The number of rotatable bonds is 3. The Labute approximate surface area is 215 Å². The number of carbonyl (C=O) groups excluding carboxylic acids is 1. The largest absolute Gasteiger partial charge is 0.486 e. The Hall–Kier alpha value is -4.50. The van der Waals surface area contributed by atoms with Crippen molar-refractivity contribution in [2.45, 2.75) is 18.3 Å². The smallest absolute Gasteiger partial charge is 0.185 e.